The minimum absolute atomic E-state index is 0.0664. The zero-order chi connectivity index (χ0) is 22.8. The smallest absolute Gasteiger partial charge is 0.418 e. The number of alkyl halides is 3. The topological polar surface area (TPSA) is 98.6 Å². The normalized spacial score (nSPS) is 15.7. The number of hydrogen-bond acceptors (Lipinski definition) is 6. The van der Waals surface area contributed by atoms with Crippen molar-refractivity contribution in [2.24, 2.45) is 0 Å². The van der Waals surface area contributed by atoms with E-state index in [1.807, 2.05) is 0 Å². The van der Waals surface area contributed by atoms with E-state index < -0.39 is 29.5 Å². The van der Waals surface area contributed by atoms with Gasteiger partial charge in [-0.2, -0.15) is 13.2 Å². The summed E-state index contributed by atoms with van der Waals surface area (Å²) in [5.41, 5.74) is 5.98. The summed E-state index contributed by atoms with van der Waals surface area (Å²) in [6, 6.07) is 2.48. The van der Waals surface area contributed by atoms with Crippen LogP contribution in [0.3, 0.4) is 0 Å². The zero-order valence-electron chi connectivity index (χ0n) is 16.4. The second kappa shape index (κ2) is 6.77. The molecule has 8 nitrogen and oxygen atoms in total. The number of benzene rings is 1. The number of anilines is 1. The van der Waals surface area contributed by atoms with Gasteiger partial charge < -0.3 is 15.4 Å². The number of nitrogens with two attached hydrogens (primary N) is 1. The van der Waals surface area contributed by atoms with Crippen molar-refractivity contribution in [3.05, 3.63) is 59.6 Å². The molecule has 1 amide bonds. The molecular weight excluding hydrogens is 432 g/mol. The molecule has 164 valence electrons. The van der Waals surface area contributed by atoms with Gasteiger partial charge >= 0.3 is 6.18 Å². The van der Waals surface area contributed by atoms with Crippen LogP contribution in [-0.4, -0.2) is 43.8 Å². The Hall–Kier alpha value is -3.96. The van der Waals surface area contributed by atoms with Gasteiger partial charge in [0.15, 0.2) is 0 Å². The summed E-state index contributed by atoms with van der Waals surface area (Å²) >= 11 is 0. The molecule has 1 atom stereocenters. The number of nitrogens with zero attached hydrogens (tertiary/aromatic N) is 5. The number of amides is 1. The summed E-state index contributed by atoms with van der Waals surface area (Å²) < 4.78 is 60.5. The van der Waals surface area contributed by atoms with Crippen LogP contribution >= 0.6 is 0 Å². The van der Waals surface area contributed by atoms with Crippen molar-refractivity contribution in [1.82, 2.24) is 24.3 Å². The summed E-state index contributed by atoms with van der Waals surface area (Å²) in [5, 5.41) is 0. The molecule has 4 aromatic rings. The average molecular weight is 446 g/mol. The standard InChI is InChI=1S/C20H14F4N6O2/c1-29(15-7-32-16-2-9(20(22,23)24)5-27-17(15)16)19(31)10-3-13-12(4-11(10)21)28-18(25)14-6-26-8-30(13)14/h2-6,8,15H,7H2,1H3,(H2,25,28)/t15-/m1/s1. The highest BCUT2D eigenvalue weighted by Gasteiger charge is 2.37. The lowest BCUT2D eigenvalue weighted by Gasteiger charge is -2.23. The summed E-state index contributed by atoms with van der Waals surface area (Å²) in [5.74, 6) is -1.42. The molecule has 0 saturated carbocycles. The molecule has 32 heavy (non-hydrogen) atoms. The summed E-state index contributed by atoms with van der Waals surface area (Å²) in [7, 11) is 1.41. The average Bonchev–Trinajstić information content (AvgIpc) is 3.39. The fourth-order valence-corrected chi connectivity index (χ4v) is 3.71. The minimum Gasteiger partial charge on any atom is -0.489 e. The molecule has 1 aliphatic rings. The SMILES string of the molecule is CN(C(=O)c1cc2c(cc1F)nc(N)c1cncn12)[C@@H]1COc2cc(C(F)(F)F)cnc21. The third-order valence-corrected chi connectivity index (χ3v) is 5.41. The Bertz CT molecular complexity index is 1400. The maximum Gasteiger partial charge on any atom is 0.418 e. The van der Waals surface area contributed by atoms with Crippen molar-refractivity contribution < 1.29 is 27.1 Å². The lowest BCUT2D eigenvalue weighted by molar-refractivity contribution is -0.137. The van der Waals surface area contributed by atoms with Crippen LogP contribution in [0.5, 0.6) is 5.75 Å². The van der Waals surface area contributed by atoms with E-state index >= 15 is 0 Å². The van der Waals surface area contributed by atoms with Gasteiger partial charge in [-0.3, -0.25) is 14.2 Å². The molecule has 0 aliphatic carbocycles. The Morgan fingerprint density at radius 3 is 2.78 bits per heavy atom. The highest BCUT2D eigenvalue weighted by Crippen LogP contribution is 2.39. The Labute approximate surface area is 177 Å². The third kappa shape index (κ3) is 2.98. The number of carbonyl (C=O) groups is 1. The number of hydrogen-bond donors (Lipinski definition) is 1. The Kier molecular flexibility index (Phi) is 4.23. The number of imidazole rings is 1. The largest absolute Gasteiger partial charge is 0.489 e. The number of aromatic nitrogens is 4. The summed E-state index contributed by atoms with van der Waals surface area (Å²) in [6.45, 7) is -0.106. The minimum atomic E-state index is -4.57. The zero-order valence-corrected chi connectivity index (χ0v) is 16.4. The first-order chi connectivity index (χ1) is 15.1. The first-order valence-corrected chi connectivity index (χ1v) is 9.33. The molecule has 0 saturated heterocycles. The van der Waals surface area contributed by atoms with Crippen LogP contribution in [0, 0.1) is 5.82 Å². The second-order valence-electron chi connectivity index (χ2n) is 7.31. The van der Waals surface area contributed by atoms with Gasteiger partial charge in [-0.25, -0.2) is 14.4 Å². The number of ether oxygens (including phenoxy) is 1. The molecule has 0 bridgehead atoms. The van der Waals surface area contributed by atoms with E-state index in [1.165, 1.54) is 30.5 Å². The number of fused-ring (bicyclic) bond motifs is 4. The number of pyridine rings is 1. The van der Waals surface area contributed by atoms with Crippen LogP contribution in [0.4, 0.5) is 23.4 Å². The number of rotatable bonds is 2. The van der Waals surface area contributed by atoms with E-state index in [9.17, 15) is 22.4 Å². The van der Waals surface area contributed by atoms with Gasteiger partial charge in [0, 0.05) is 19.3 Å². The molecule has 1 aromatic carbocycles. The van der Waals surface area contributed by atoms with Gasteiger partial charge in [0.1, 0.15) is 41.2 Å². The molecule has 1 aliphatic heterocycles. The Balaban J connectivity index is 1.53. The van der Waals surface area contributed by atoms with Gasteiger partial charge in [0.2, 0.25) is 0 Å². The highest BCUT2D eigenvalue weighted by molar-refractivity contribution is 5.98. The van der Waals surface area contributed by atoms with Crippen LogP contribution in [0.15, 0.2) is 36.9 Å². The molecule has 0 radical (unpaired) electrons. The fraction of sp³-hybridized carbons (Fsp3) is 0.200. The van der Waals surface area contributed by atoms with E-state index in [-0.39, 0.29) is 34.9 Å². The molecule has 5 rings (SSSR count). The third-order valence-electron chi connectivity index (χ3n) is 5.41. The van der Waals surface area contributed by atoms with Crippen molar-refractivity contribution >= 4 is 28.3 Å². The van der Waals surface area contributed by atoms with Crippen molar-refractivity contribution in [2.75, 3.05) is 19.4 Å². The first-order valence-electron chi connectivity index (χ1n) is 9.33. The number of carbonyl (C=O) groups excluding carboxylic acids is 1. The maximum atomic E-state index is 14.8. The predicted octanol–water partition coefficient (Wildman–Crippen LogP) is 3.22. The van der Waals surface area contributed by atoms with Gasteiger partial charge in [0.05, 0.1) is 34.7 Å². The Morgan fingerprint density at radius 2 is 2.03 bits per heavy atom. The molecule has 0 unspecified atom stereocenters. The first kappa shape index (κ1) is 20.0. The van der Waals surface area contributed by atoms with Crippen molar-refractivity contribution in [2.45, 2.75) is 12.2 Å². The van der Waals surface area contributed by atoms with Crippen molar-refractivity contribution in [3.63, 3.8) is 0 Å². The number of likely N-dealkylation sites (N-methyl/N-ethyl adjacent to an activating group) is 1. The lowest BCUT2D eigenvalue weighted by atomic mass is 10.1. The molecule has 0 fully saturated rings. The Morgan fingerprint density at radius 1 is 1.25 bits per heavy atom. The highest BCUT2D eigenvalue weighted by atomic mass is 19.4. The van der Waals surface area contributed by atoms with E-state index in [1.54, 1.807) is 4.40 Å². The van der Waals surface area contributed by atoms with E-state index in [0.717, 1.165) is 12.1 Å². The summed E-state index contributed by atoms with van der Waals surface area (Å²) in [4.78, 5) is 26.3. The fourth-order valence-electron chi connectivity index (χ4n) is 3.71. The molecule has 0 spiro atoms. The quantitative estimate of drug-likeness (QED) is 0.475. The van der Waals surface area contributed by atoms with Crippen LogP contribution < -0.4 is 10.5 Å². The molecule has 4 heterocycles. The molecule has 3 aromatic heterocycles. The molecule has 2 N–H and O–H groups in total. The maximum absolute atomic E-state index is 14.8. The molecule has 12 heteroatoms. The van der Waals surface area contributed by atoms with Gasteiger partial charge in [-0.15, -0.1) is 0 Å². The van der Waals surface area contributed by atoms with E-state index in [4.69, 9.17) is 10.5 Å². The van der Waals surface area contributed by atoms with Crippen LogP contribution in [0.25, 0.3) is 16.6 Å². The number of halogens is 4. The van der Waals surface area contributed by atoms with Crippen LogP contribution in [0.2, 0.25) is 0 Å². The lowest BCUT2D eigenvalue weighted by Crippen LogP contribution is -2.33. The van der Waals surface area contributed by atoms with E-state index in [2.05, 4.69) is 15.0 Å². The molecular formula is C20H14F4N6O2. The van der Waals surface area contributed by atoms with Crippen LogP contribution in [-0.2, 0) is 6.18 Å². The summed E-state index contributed by atoms with van der Waals surface area (Å²) in [6.07, 6.45) is -0.933. The van der Waals surface area contributed by atoms with Crippen molar-refractivity contribution in [1.29, 1.82) is 0 Å². The van der Waals surface area contributed by atoms with Crippen LogP contribution in [0.1, 0.15) is 27.7 Å². The van der Waals surface area contributed by atoms with Gasteiger partial charge in [-0.1, -0.05) is 0 Å². The predicted molar refractivity (Wildman–Crippen MR) is 104 cm³/mol. The monoisotopic (exact) mass is 446 g/mol. The van der Waals surface area contributed by atoms with Crippen molar-refractivity contribution in [3.8, 4) is 5.75 Å². The number of nitrogen functional groups attached to an aromatic ring is 1. The van der Waals surface area contributed by atoms with Gasteiger partial charge in [0.25, 0.3) is 5.91 Å². The van der Waals surface area contributed by atoms with Gasteiger partial charge in [-0.05, 0) is 12.1 Å². The van der Waals surface area contributed by atoms with E-state index in [0.29, 0.717) is 17.2 Å². The second-order valence-corrected chi connectivity index (χ2v) is 7.31.